The van der Waals surface area contributed by atoms with Crippen molar-refractivity contribution in [1.29, 1.82) is 0 Å². The second-order valence-electron chi connectivity index (χ2n) is 9.12. The molecule has 0 saturated heterocycles. The predicted octanol–water partition coefficient (Wildman–Crippen LogP) is 8.60. The summed E-state index contributed by atoms with van der Waals surface area (Å²) in [7, 11) is 0. The van der Waals surface area contributed by atoms with Gasteiger partial charge in [-0.05, 0) is 78.0 Å². The van der Waals surface area contributed by atoms with Crippen molar-refractivity contribution in [3.8, 4) is 22.3 Å². The molecule has 0 aliphatic heterocycles. The Morgan fingerprint density at radius 2 is 1.55 bits per heavy atom. The molecule has 1 fully saturated rings. The monoisotopic (exact) mass is 415 g/mol. The maximum Gasteiger partial charge on any atom is 0.131 e. The summed E-state index contributed by atoms with van der Waals surface area (Å²) in [5.74, 6) is 1.39. The Bertz CT molecular complexity index is 984. The number of nitrogens with two attached hydrogens (primary N) is 1. The van der Waals surface area contributed by atoms with E-state index in [4.69, 9.17) is 5.73 Å². The van der Waals surface area contributed by atoms with Gasteiger partial charge in [0.25, 0.3) is 0 Å². The minimum Gasteiger partial charge on any atom is -0.399 e. The van der Waals surface area contributed by atoms with E-state index < -0.39 is 0 Å². The lowest BCUT2D eigenvalue weighted by atomic mass is 9.77. The van der Waals surface area contributed by atoms with Crippen molar-refractivity contribution in [2.45, 2.75) is 64.2 Å². The first-order valence-electron chi connectivity index (χ1n) is 11.9. The minimum absolute atomic E-state index is 0.208. The Morgan fingerprint density at radius 3 is 2.26 bits per heavy atom. The van der Waals surface area contributed by atoms with E-state index in [0.717, 1.165) is 22.6 Å². The zero-order valence-electron chi connectivity index (χ0n) is 18.6. The standard InChI is InChI=1S/C29H34FN/c1-2-3-4-7-21-10-12-22(13-11-21)23-14-16-24(17-15-23)28-20-25(31)18-19-26(28)27-8-5-6-9-29(27)30/h5-6,8-9,14-22H,2-4,7,10-13,31H2,1H3. The van der Waals surface area contributed by atoms with Crippen molar-refractivity contribution in [2.75, 3.05) is 5.73 Å². The Morgan fingerprint density at radius 1 is 0.806 bits per heavy atom. The zero-order valence-corrected chi connectivity index (χ0v) is 18.6. The van der Waals surface area contributed by atoms with Crippen LogP contribution in [0.15, 0.2) is 66.7 Å². The molecule has 0 spiro atoms. The van der Waals surface area contributed by atoms with Crippen LogP contribution in [-0.2, 0) is 0 Å². The summed E-state index contributed by atoms with van der Waals surface area (Å²) in [5, 5.41) is 0. The van der Waals surface area contributed by atoms with Crippen LogP contribution in [0, 0.1) is 11.7 Å². The van der Waals surface area contributed by atoms with Gasteiger partial charge in [0.2, 0.25) is 0 Å². The van der Waals surface area contributed by atoms with Gasteiger partial charge >= 0.3 is 0 Å². The molecule has 3 aromatic rings. The molecule has 4 rings (SSSR count). The first-order valence-corrected chi connectivity index (χ1v) is 11.9. The van der Waals surface area contributed by atoms with Crippen molar-refractivity contribution in [3.05, 3.63) is 78.1 Å². The molecular weight excluding hydrogens is 381 g/mol. The lowest BCUT2D eigenvalue weighted by Gasteiger charge is -2.29. The Kier molecular flexibility index (Phi) is 7.06. The number of nitrogen functional groups attached to an aromatic ring is 1. The maximum atomic E-state index is 14.5. The molecular formula is C29H34FN. The topological polar surface area (TPSA) is 26.0 Å². The molecule has 162 valence electrons. The first kappa shape index (κ1) is 21.6. The average molecular weight is 416 g/mol. The van der Waals surface area contributed by atoms with Crippen LogP contribution in [0.25, 0.3) is 22.3 Å². The van der Waals surface area contributed by atoms with Crippen LogP contribution in [0.3, 0.4) is 0 Å². The molecule has 1 nitrogen and oxygen atoms in total. The van der Waals surface area contributed by atoms with Gasteiger partial charge in [0.05, 0.1) is 0 Å². The normalized spacial score (nSPS) is 18.8. The molecule has 0 radical (unpaired) electrons. The van der Waals surface area contributed by atoms with Gasteiger partial charge in [-0.15, -0.1) is 0 Å². The summed E-state index contributed by atoms with van der Waals surface area (Å²) in [6.07, 6.45) is 10.8. The number of rotatable bonds is 7. The summed E-state index contributed by atoms with van der Waals surface area (Å²) in [5.41, 5.74) is 11.8. The highest BCUT2D eigenvalue weighted by Gasteiger charge is 2.22. The van der Waals surface area contributed by atoms with Crippen molar-refractivity contribution >= 4 is 5.69 Å². The van der Waals surface area contributed by atoms with Crippen LogP contribution in [-0.4, -0.2) is 0 Å². The summed E-state index contributed by atoms with van der Waals surface area (Å²) in [4.78, 5) is 0. The fraction of sp³-hybridized carbons (Fsp3) is 0.379. The molecule has 0 amide bonds. The van der Waals surface area contributed by atoms with E-state index in [1.165, 1.54) is 63.0 Å². The van der Waals surface area contributed by atoms with Crippen LogP contribution in [0.2, 0.25) is 0 Å². The molecule has 0 aromatic heterocycles. The van der Waals surface area contributed by atoms with Crippen LogP contribution in [0.4, 0.5) is 10.1 Å². The highest BCUT2D eigenvalue weighted by Crippen LogP contribution is 2.39. The van der Waals surface area contributed by atoms with E-state index in [1.54, 1.807) is 6.07 Å². The predicted molar refractivity (Wildman–Crippen MR) is 131 cm³/mol. The fourth-order valence-corrected chi connectivity index (χ4v) is 5.12. The third-order valence-corrected chi connectivity index (χ3v) is 6.96. The van der Waals surface area contributed by atoms with E-state index in [1.807, 2.05) is 30.3 Å². The van der Waals surface area contributed by atoms with Crippen molar-refractivity contribution in [3.63, 3.8) is 0 Å². The number of anilines is 1. The second kappa shape index (κ2) is 10.1. The van der Waals surface area contributed by atoms with Crippen molar-refractivity contribution in [1.82, 2.24) is 0 Å². The van der Waals surface area contributed by atoms with Crippen LogP contribution in [0.5, 0.6) is 0 Å². The van der Waals surface area contributed by atoms with Crippen molar-refractivity contribution < 1.29 is 4.39 Å². The quantitative estimate of drug-likeness (QED) is 0.303. The largest absolute Gasteiger partial charge is 0.399 e. The number of halogens is 1. The highest BCUT2D eigenvalue weighted by molar-refractivity contribution is 5.85. The van der Waals surface area contributed by atoms with E-state index in [2.05, 4.69) is 31.2 Å². The van der Waals surface area contributed by atoms with E-state index in [0.29, 0.717) is 17.2 Å². The Labute approximate surface area is 186 Å². The maximum absolute atomic E-state index is 14.5. The van der Waals surface area contributed by atoms with Gasteiger partial charge in [0.1, 0.15) is 5.82 Å². The van der Waals surface area contributed by atoms with E-state index >= 15 is 0 Å². The summed E-state index contributed by atoms with van der Waals surface area (Å²) >= 11 is 0. The number of hydrogen-bond acceptors (Lipinski definition) is 1. The number of hydrogen-bond donors (Lipinski definition) is 1. The summed E-state index contributed by atoms with van der Waals surface area (Å²) < 4.78 is 14.5. The van der Waals surface area contributed by atoms with Gasteiger partial charge in [-0.1, -0.05) is 81.1 Å². The first-order chi connectivity index (χ1) is 15.2. The molecule has 1 saturated carbocycles. The summed E-state index contributed by atoms with van der Waals surface area (Å²) in [6.45, 7) is 2.28. The third-order valence-electron chi connectivity index (χ3n) is 6.96. The lowest BCUT2D eigenvalue weighted by Crippen LogP contribution is -2.13. The molecule has 1 aliphatic carbocycles. The van der Waals surface area contributed by atoms with Crippen LogP contribution in [0.1, 0.15) is 69.8 Å². The van der Waals surface area contributed by atoms with Crippen LogP contribution < -0.4 is 5.73 Å². The molecule has 2 N–H and O–H groups in total. The third kappa shape index (κ3) is 5.18. The van der Waals surface area contributed by atoms with Gasteiger partial charge < -0.3 is 5.73 Å². The Hall–Kier alpha value is -2.61. The zero-order chi connectivity index (χ0) is 21.6. The van der Waals surface area contributed by atoms with Crippen molar-refractivity contribution in [2.24, 2.45) is 5.92 Å². The molecule has 0 atom stereocenters. The molecule has 0 heterocycles. The number of unbranched alkanes of at least 4 members (excludes halogenated alkanes) is 2. The number of benzene rings is 3. The highest BCUT2D eigenvalue weighted by atomic mass is 19.1. The molecule has 31 heavy (non-hydrogen) atoms. The van der Waals surface area contributed by atoms with Gasteiger partial charge in [-0.25, -0.2) is 4.39 Å². The molecule has 0 bridgehead atoms. The van der Waals surface area contributed by atoms with Gasteiger partial charge in [-0.2, -0.15) is 0 Å². The second-order valence-corrected chi connectivity index (χ2v) is 9.12. The Balaban J connectivity index is 1.51. The SMILES string of the molecule is CCCCCC1CCC(c2ccc(-c3cc(N)ccc3-c3ccccc3F)cc2)CC1. The fourth-order valence-electron chi connectivity index (χ4n) is 5.12. The smallest absolute Gasteiger partial charge is 0.131 e. The average Bonchev–Trinajstić information content (AvgIpc) is 2.80. The molecule has 1 aliphatic rings. The molecule has 2 heteroatoms. The molecule has 3 aromatic carbocycles. The van der Waals surface area contributed by atoms with E-state index in [9.17, 15) is 4.39 Å². The van der Waals surface area contributed by atoms with Gasteiger partial charge in [0.15, 0.2) is 0 Å². The van der Waals surface area contributed by atoms with E-state index in [-0.39, 0.29) is 5.82 Å². The lowest BCUT2D eigenvalue weighted by molar-refractivity contribution is 0.303. The molecule has 0 unspecified atom stereocenters. The summed E-state index contributed by atoms with van der Waals surface area (Å²) in [6, 6.07) is 21.6. The minimum atomic E-state index is -0.208. The van der Waals surface area contributed by atoms with Gasteiger partial charge in [-0.3, -0.25) is 0 Å². The van der Waals surface area contributed by atoms with Crippen LogP contribution >= 0.6 is 0 Å². The van der Waals surface area contributed by atoms with Gasteiger partial charge in [0, 0.05) is 11.3 Å².